The summed E-state index contributed by atoms with van der Waals surface area (Å²) >= 11 is 6.17. The van der Waals surface area contributed by atoms with Gasteiger partial charge in [0.2, 0.25) is 0 Å². The van der Waals surface area contributed by atoms with Crippen LogP contribution in [0.25, 0.3) is 0 Å². The molecule has 1 N–H and O–H groups in total. The van der Waals surface area contributed by atoms with Crippen molar-refractivity contribution in [2.45, 2.75) is 38.7 Å². The summed E-state index contributed by atoms with van der Waals surface area (Å²) in [5.41, 5.74) is 1.01. The summed E-state index contributed by atoms with van der Waals surface area (Å²) in [6.45, 7) is 10.9. The first kappa shape index (κ1) is 23.1. The molecule has 4 nitrogen and oxygen atoms in total. The van der Waals surface area contributed by atoms with Crippen LogP contribution in [0.4, 0.5) is 0 Å². The van der Waals surface area contributed by atoms with E-state index in [4.69, 9.17) is 21.1 Å². The highest BCUT2D eigenvalue weighted by Gasteiger charge is 2.41. The maximum absolute atomic E-state index is 12.3. The highest BCUT2D eigenvalue weighted by atomic mass is 35.5. The molecule has 1 aliphatic heterocycles. The van der Waals surface area contributed by atoms with Crippen molar-refractivity contribution < 1.29 is 14.6 Å². The third-order valence-corrected chi connectivity index (χ3v) is 6.03. The average molecular weight is 432 g/mol. The maximum Gasteiger partial charge on any atom is 0.119 e. The Bertz CT molecular complexity index is 772. The minimum absolute atomic E-state index is 0.0896. The van der Waals surface area contributed by atoms with Crippen LogP contribution in [0.2, 0.25) is 5.02 Å². The van der Waals surface area contributed by atoms with E-state index in [9.17, 15) is 5.11 Å². The molecule has 0 radical (unpaired) electrons. The van der Waals surface area contributed by atoms with Crippen molar-refractivity contribution in [3.8, 4) is 5.75 Å². The van der Waals surface area contributed by atoms with Crippen molar-refractivity contribution in [1.29, 1.82) is 0 Å². The molecule has 30 heavy (non-hydrogen) atoms. The van der Waals surface area contributed by atoms with Gasteiger partial charge in [-0.1, -0.05) is 49.7 Å². The number of aliphatic hydroxyl groups is 1. The van der Waals surface area contributed by atoms with E-state index in [0.717, 1.165) is 49.7 Å². The van der Waals surface area contributed by atoms with Gasteiger partial charge in [-0.05, 0) is 54.7 Å². The quantitative estimate of drug-likeness (QED) is 0.600. The largest absolute Gasteiger partial charge is 0.494 e. The van der Waals surface area contributed by atoms with Gasteiger partial charge in [-0.25, -0.2) is 0 Å². The molecule has 2 aromatic rings. The third kappa shape index (κ3) is 5.76. The molecule has 0 spiro atoms. The predicted molar refractivity (Wildman–Crippen MR) is 122 cm³/mol. The molecule has 5 heteroatoms. The molecule has 1 fully saturated rings. The van der Waals surface area contributed by atoms with E-state index in [0.29, 0.717) is 24.0 Å². The van der Waals surface area contributed by atoms with E-state index in [1.165, 1.54) is 0 Å². The van der Waals surface area contributed by atoms with Gasteiger partial charge < -0.3 is 14.6 Å². The van der Waals surface area contributed by atoms with Crippen molar-refractivity contribution in [2.75, 3.05) is 39.5 Å². The molecule has 3 rings (SSSR count). The Morgan fingerprint density at radius 1 is 1.07 bits per heavy atom. The minimum atomic E-state index is -1.01. The van der Waals surface area contributed by atoms with Gasteiger partial charge in [0.1, 0.15) is 5.75 Å². The number of rotatable bonds is 9. The number of benzene rings is 2. The first-order chi connectivity index (χ1) is 14.4. The zero-order chi connectivity index (χ0) is 21.6. The summed E-state index contributed by atoms with van der Waals surface area (Å²) in [7, 11) is 0. The monoisotopic (exact) mass is 431 g/mol. The van der Waals surface area contributed by atoms with Crippen molar-refractivity contribution in [3.63, 3.8) is 0 Å². The van der Waals surface area contributed by atoms with E-state index in [1.54, 1.807) is 0 Å². The molecule has 1 saturated heterocycles. The van der Waals surface area contributed by atoms with Crippen molar-refractivity contribution >= 4 is 11.6 Å². The summed E-state index contributed by atoms with van der Waals surface area (Å²) < 4.78 is 11.2. The van der Waals surface area contributed by atoms with Gasteiger partial charge in [0.25, 0.3) is 0 Å². The summed E-state index contributed by atoms with van der Waals surface area (Å²) in [6.07, 6.45) is 0.665. The number of ether oxygens (including phenoxy) is 2. The molecule has 2 atom stereocenters. The number of morpholine rings is 1. The number of hydrogen-bond donors (Lipinski definition) is 1. The summed E-state index contributed by atoms with van der Waals surface area (Å²) in [6, 6.07) is 15.9. The van der Waals surface area contributed by atoms with Crippen LogP contribution in [0.15, 0.2) is 48.5 Å². The van der Waals surface area contributed by atoms with Crippen LogP contribution in [0.3, 0.4) is 0 Å². The zero-order valence-corrected chi connectivity index (χ0v) is 19.1. The minimum Gasteiger partial charge on any atom is -0.494 e. The lowest BCUT2D eigenvalue weighted by molar-refractivity contribution is -0.0356. The van der Waals surface area contributed by atoms with Crippen LogP contribution < -0.4 is 4.74 Å². The molecule has 164 valence electrons. The fraction of sp³-hybridized carbons (Fsp3) is 0.520. The van der Waals surface area contributed by atoms with Gasteiger partial charge >= 0.3 is 0 Å². The lowest BCUT2D eigenvalue weighted by Crippen LogP contribution is -2.45. The van der Waals surface area contributed by atoms with Gasteiger partial charge in [0, 0.05) is 30.6 Å². The van der Waals surface area contributed by atoms with E-state index in [2.05, 4.69) is 18.7 Å². The Balaban J connectivity index is 2.01. The van der Waals surface area contributed by atoms with Crippen LogP contribution in [0, 0.1) is 5.92 Å². The molecule has 0 bridgehead atoms. The third-order valence-electron chi connectivity index (χ3n) is 5.78. The fourth-order valence-electron chi connectivity index (χ4n) is 4.36. The van der Waals surface area contributed by atoms with Gasteiger partial charge in [-0.2, -0.15) is 0 Å². The second-order valence-corrected chi connectivity index (χ2v) is 8.93. The predicted octanol–water partition coefficient (Wildman–Crippen LogP) is 5.09. The second kappa shape index (κ2) is 10.6. The van der Waals surface area contributed by atoms with E-state index in [1.807, 2.05) is 55.5 Å². The Morgan fingerprint density at radius 3 is 2.27 bits per heavy atom. The normalized spacial score (nSPS) is 18.2. The molecular weight excluding hydrogens is 398 g/mol. The van der Waals surface area contributed by atoms with E-state index < -0.39 is 5.60 Å². The number of nitrogens with zero attached hydrogens (tertiary/aromatic N) is 1. The van der Waals surface area contributed by atoms with Gasteiger partial charge in [-0.3, -0.25) is 4.90 Å². The van der Waals surface area contributed by atoms with Crippen LogP contribution in [-0.4, -0.2) is 49.5 Å². The molecular formula is C25H34ClNO3. The van der Waals surface area contributed by atoms with Crippen molar-refractivity contribution in [1.82, 2.24) is 4.90 Å². The molecule has 0 aliphatic carbocycles. The number of halogens is 1. The average Bonchev–Trinajstić information content (AvgIpc) is 2.74. The molecule has 0 amide bonds. The van der Waals surface area contributed by atoms with Gasteiger partial charge in [-0.15, -0.1) is 0 Å². The molecule has 1 aliphatic rings. The lowest BCUT2D eigenvalue weighted by atomic mass is 9.72. The fourth-order valence-corrected chi connectivity index (χ4v) is 4.49. The maximum atomic E-state index is 12.3. The lowest BCUT2D eigenvalue weighted by Gasteiger charge is -2.42. The van der Waals surface area contributed by atoms with Crippen LogP contribution in [-0.2, 0) is 10.3 Å². The summed E-state index contributed by atoms with van der Waals surface area (Å²) in [5, 5.41) is 13.0. The molecule has 0 aromatic heterocycles. The molecule has 0 unspecified atom stereocenters. The Kier molecular flexibility index (Phi) is 8.18. The Labute approximate surface area is 185 Å². The molecule has 2 aromatic carbocycles. The number of hydrogen-bond acceptors (Lipinski definition) is 4. The first-order valence-corrected chi connectivity index (χ1v) is 11.3. The Morgan fingerprint density at radius 2 is 1.70 bits per heavy atom. The first-order valence-electron chi connectivity index (χ1n) is 10.9. The van der Waals surface area contributed by atoms with Crippen LogP contribution in [0.1, 0.15) is 44.2 Å². The van der Waals surface area contributed by atoms with Gasteiger partial charge in [0.05, 0.1) is 25.4 Å². The topological polar surface area (TPSA) is 41.9 Å². The summed E-state index contributed by atoms with van der Waals surface area (Å²) in [5.74, 6) is 1.07. The standard InChI is InChI=1S/C25H34ClNO3/c1-4-30-23-11-7-21(8-12-23)25(28,17-19(2)3)24(18-27-13-15-29-16-14-27)20-5-9-22(26)10-6-20/h5-12,19,24,28H,4,13-18H2,1-3H3/t24-,25-/m0/s1. The van der Waals surface area contributed by atoms with E-state index in [-0.39, 0.29) is 5.92 Å². The van der Waals surface area contributed by atoms with Crippen molar-refractivity contribution in [3.05, 3.63) is 64.7 Å². The van der Waals surface area contributed by atoms with Crippen LogP contribution >= 0.6 is 11.6 Å². The van der Waals surface area contributed by atoms with Crippen LogP contribution in [0.5, 0.6) is 5.75 Å². The Hall–Kier alpha value is -1.59. The van der Waals surface area contributed by atoms with Gasteiger partial charge in [0.15, 0.2) is 0 Å². The smallest absolute Gasteiger partial charge is 0.119 e. The van der Waals surface area contributed by atoms with Crippen molar-refractivity contribution in [2.24, 2.45) is 5.92 Å². The highest BCUT2D eigenvalue weighted by molar-refractivity contribution is 6.30. The van der Waals surface area contributed by atoms with E-state index >= 15 is 0 Å². The summed E-state index contributed by atoms with van der Waals surface area (Å²) in [4.78, 5) is 2.39. The molecule has 0 saturated carbocycles. The second-order valence-electron chi connectivity index (χ2n) is 8.50. The zero-order valence-electron chi connectivity index (χ0n) is 18.3. The molecule has 1 heterocycles. The highest BCUT2D eigenvalue weighted by Crippen LogP contribution is 2.43. The SMILES string of the molecule is CCOc1ccc([C@@](O)(CC(C)C)[C@@H](CN2CCOCC2)c2ccc(Cl)cc2)cc1.